The number of hydrogen-bond acceptors (Lipinski definition) is 5. The second-order valence-corrected chi connectivity index (χ2v) is 5.91. The van der Waals surface area contributed by atoms with Gasteiger partial charge in [-0.1, -0.05) is 37.0 Å². The summed E-state index contributed by atoms with van der Waals surface area (Å²) in [4.78, 5) is 16.2. The fraction of sp³-hybridized carbons (Fsp3) is 0.438. The largest absolute Gasteiger partial charge is 0.354 e. The molecule has 2 rings (SSSR count). The molecule has 0 saturated heterocycles. The lowest BCUT2D eigenvalue weighted by Crippen LogP contribution is -2.45. The molecule has 23 heavy (non-hydrogen) atoms. The van der Waals surface area contributed by atoms with Crippen molar-refractivity contribution in [2.45, 2.75) is 32.7 Å². The highest BCUT2D eigenvalue weighted by Gasteiger charge is 2.19. The van der Waals surface area contributed by atoms with E-state index in [1.165, 1.54) is 0 Å². The number of rotatable bonds is 7. The third-order valence-corrected chi connectivity index (χ3v) is 4.02. The Morgan fingerprint density at radius 1 is 1.39 bits per heavy atom. The van der Waals surface area contributed by atoms with Crippen LogP contribution in [0.4, 0.5) is 0 Å². The Bertz CT molecular complexity index is 642. The molecule has 0 saturated carbocycles. The van der Waals surface area contributed by atoms with Crippen LogP contribution in [0.25, 0.3) is 11.4 Å². The van der Waals surface area contributed by atoms with Crippen molar-refractivity contribution in [3.8, 4) is 11.4 Å². The summed E-state index contributed by atoms with van der Waals surface area (Å²) < 4.78 is 5.18. The summed E-state index contributed by atoms with van der Waals surface area (Å²) >= 11 is 5.85. The fourth-order valence-corrected chi connectivity index (χ4v) is 2.12. The molecule has 0 aliphatic carbocycles. The van der Waals surface area contributed by atoms with E-state index in [9.17, 15) is 4.79 Å². The first-order chi connectivity index (χ1) is 11.0. The minimum absolute atomic E-state index is 0.148. The Morgan fingerprint density at radius 2 is 2.09 bits per heavy atom. The van der Waals surface area contributed by atoms with Gasteiger partial charge in [0.25, 0.3) is 0 Å². The zero-order chi connectivity index (χ0) is 16.8. The number of nitrogens with zero attached hydrogens (tertiary/aromatic N) is 2. The average molecular weight is 337 g/mol. The molecule has 3 N–H and O–H groups in total. The van der Waals surface area contributed by atoms with E-state index < -0.39 is 6.04 Å². The molecule has 0 fully saturated rings. The van der Waals surface area contributed by atoms with Gasteiger partial charge in [-0.3, -0.25) is 4.79 Å². The van der Waals surface area contributed by atoms with Crippen LogP contribution in [-0.4, -0.2) is 28.6 Å². The molecule has 1 heterocycles. The Balaban J connectivity index is 1.85. The minimum atomic E-state index is -0.493. The van der Waals surface area contributed by atoms with E-state index in [0.29, 0.717) is 29.7 Å². The highest BCUT2D eigenvalue weighted by Crippen LogP contribution is 2.18. The number of benzene rings is 1. The van der Waals surface area contributed by atoms with Crippen molar-refractivity contribution >= 4 is 17.5 Å². The van der Waals surface area contributed by atoms with Crippen molar-refractivity contribution in [2.24, 2.45) is 11.7 Å². The van der Waals surface area contributed by atoms with Gasteiger partial charge in [0, 0.05) is 23.6 Å². The Hall–Kier alpha value is -1.92. The lowest BCUT2D eigenvalue weighted by Gasteiger charge is -2.17. The highest BCUT2D eigenvalue weighted by molar-refractivity contribution is 6.30. The summed E-state index contributed by atoms with van der Waals surface area (Å²) in [5.74, 6) is 0.957. The Morgan fingerprint density at radius 3 is 2.74 bits per heavy atom. The first kappa shape index (κ1) is 17.4. The molecule has 1 amide bonds. The number of carbonyl (C=O) groups excluding carboxylic acids is 1. The predicted octanol–water partition coefficient (Wildman–Crippen LogP) is 2.42. The maximum atomic E-state index is 11.9. The first-order valence-corrected chi connectivity index (χ1v) is 8.01. The van der Waals surface area contributed by atoms with Crippen LogP contribution in [0.1, 0.15) is 26.2 Å². The van der Waals surface area contributed by atoms with Gasteiger partial charge in [-0.2, -0.15) is 4.98 Å². The van der Waals surface area contributed by atoms with Gasteiger partial charge in [0.15, 0.2) is 0 Å². The third kappa shape index (κ3) is 4.77. The number of aromatic nitrogens is 2. The summed E-state index contributed by atoms with van der Waals surface area (Å²) in [6, 6.07) is 6.69. The minimum Gasteiger partial charge on any atom is -0.354 e. The van der Waals surface area contributed by atoms with Crippen LogP contribution in [0.5, 0.6) is 0 Å². The molecule has 124 valence electrons. The lowest BCUT2D eigenvalue weighted by molar-refractivity contribution is -0.123. The molecule has 0 bridgehead atoms. The molecular formula is C16H21ClN4O2. The number of carbonyl (C=O) groups is 1. The van der Waals surface area contributed by atoms with Crippen LogP contribution in [0.15, 0.2) is 28.8 Å². The smallest absolute Gasteiger partial charge is 0.237 e. The van der Waals surface area contributed by atoms with E-state index in [1.807, 2.05) is 26.0 Å². The third-order valence-electron chi connectivity index (χ3n) is 3.77. The summed E-state index contributed by atoms with van der Waals surface area (Å²) in [5.41, 5.74) is 6.69. The Kier molecular flexibility index (Phi) is 6.12. The maximum absolute atomic E-state index is 11.9. The maximum Gasteiger partial charge on any atom is 0.237 e. The van der Waals surface area contributed by atoms with Crippen molar-refractivity contribution in [1.29, 1.82) is 0 Å². The van der Waals surface area contributed by atoms with Crippen molar-refractivity contribution in [3.63, 3.8) is 0 Å². The molecule has 2 atom stereocenters. The topological polar surface area (TPSA) is 94.0 Å². The van der Waals surface area contributed by atoms with Gasteiger partial charge in [0.05, 0.1) is 6.04 Å². The molecule has 2 unspecified atom stereocenters. The van der Waals surface area contributed by atoms with E-state index >= 15 is 0 Å². The second kappa shape index (κ2) is 8.08. The van der Waals surface area contributed by atoms with Gasteiger partial charge in [0.2, 0.25) is 17.6 Å². The van der Waals surface area contributed by atoms with Gasteiger partial charge in [-0.05, 0) is 30.2 Å². The van der Waals surface area contributed by atoms with E-state index in [0.717, 1.165) is 12.0 Å². The van der Waals surface area contributed by atoms with E-state index in [4.69, 9.17) is 21.9 Å². The zero-order valence-electron chi connectivity index (χ0n) is 13.3. The van der Waals surface area contributed by atoms with Crippen LogP contribution in [0.3, 0.4) is 0 Å². The standard InChI is InChI=1S/C16H21ClN4O2/c1-3-10(2)14(18)16(22)19-9-8-13-20-15(21-23-13)11-4-6-12(17)7-5-11/h4-7,10,14H,3,8-9,18H2,1-2H3,(H,19,22). The van der Waals surface area contributed by atoms with Gasteiger partial charge >= 0.3 is 0 Å². The van der Waals surface area contributed by atoms with E-state index in [-0.39, 0.29) is 11.8 Å². The quantitative estimate of drug-likeness (QED) is 0.809. The molecule has 0 aliphatic heterocycles. The average Bonchev–Trinajstić information content (AvgIpc) is 3.02. The number of amides is 1. The number of nitrogens with one attached hydrogen (secondary N) is 1. The van der Waals surface area contributed by atoms with Crippen LogP contribution in [0, 0.1) is 5.92 Å². The number of hydrogen-bond donors (Lipinski definition) is 2. The van der Waals surface area contributed by atoms with Crippen molar-refractivity contribution in [2.75, 3.05) is 6.54 Å². The summed E-state index contributed by atoms with van der Waals surface area (Å²) in [7, 11) is 0. The van der Waals surface area contributed by atoms with Gasteiger partial charge in [-0.25, -0.2) is 0 Å². The van der Waals surface area contributed by atoms with Gasteiger partial charge < -0.3 is 15.6 Å². The molecule has 0 aliphatic rings. The molecule has 2 aromatic rings. The molecule has 1 aromatic heterocycles. The zero-order valence-corrected chi connectivity index (χ0v) is 14.0. The van der Waals surface area contributed by atoms with E-state index in [2.05, 4.69) is 15.5 Å². The van der Waals surface area contributed by atoms with Crippen LogP contribution < -0.4 is 11.1 Å². The monoisotopic (exact) mass is 336 g/mol. The number of halogens is 1. The van der Waals surface area contributed by atoms with Crippen LogP contribution in [0.2, 0.25) is 5.02 Å². The molecular weight excluding hydrogens is 316 g/mol. The summed E-state index contributed by atoms with van der Waals surface area (Å²) in [6.45, 7) is 4.38. The van der Waals surface area contributed by atoms with Crippen molar-refractivity contribution < 1.29 is 9.32 Å². The molecule has 1 aromatic carbocycles. The van der Waals surface area contributed by atoms with Crippen molar-refractivity contribution in [3.05, 3.63) is 35.2 Å². The van der Waals surface area contributed by atoms with E-state index in [1.54, 1.807) is 12.1 Å². The van der Waals surface area contributed by atoms with Crippen LogP contribution >= 0.6 is 11.6 Å². The second-order valence-electron chi connectivity index (χ2n) is 5.47. The molecule has 7 heteroatoms. The SMILES string of the molecule is CCC(C)C(N)C(=O)NCCc1nc(-c2ccc(Cl)cc2)no1. The predicted molar refractivity (Wildman–Crippen MR) is 88.9 cm³/mol. The molecule has 0 radical (unpaired) electrons. The Labute approximate surface area is 140 Å². The molecule has 6 nitrogen and oxygen atoms in total. The lowest BCUT2D eigenvalue weighted by atomic mass is 9.99. The van der Waals surface area contributed by atoms with Crippen molar-refractivity contribution in [1.82, 2.24) is 15.5 Å². The number of nitrogens with two attached hydrogens (primary N) is 1. The van der Waals surface area contributed by atoms with Gasteiger partial charge in [-0.15, -0.1) is 0 Å². The first-order valence-electron chi connectivity index (χ1n) is 7.63. The summed E-state index contributed by atoms with van der Waals surface area (Å²) in [6.07, 6.45) is 1.32. The molecule has 0 spiro atoms. The fourth-order valence-electron chi connectivity index (χ4n) is 2.00. The van der Waals surface area contributed by atoms with Gasteiger partial charge in [0.1, 0.15) is 0 Å². The highest BCUT2D eigenvalue weighted by atomic mass is 35.5. The summed E-state index contributed by atoms with van der Waals surface area (Å²) in [5, 5.41) is 7.37. The van der Waals surface area contributed by atoms with Crippen LogP contribution in [-0.2, 0) is 11.2 Å². The normalized spacial score (nSPS) is 13.6.